The number of nitrogens with one attached hydrogen (secondary N) is 1. The molecule has 0 radical (unpaired) electrons. The molecule has 1 atom stereocenters. The first-order valence-electron chi connectivity index (χ1n) is 7.13. The smallest absolute Gasteiger partial charge is 0.0192 e. The van der Waals surface area contributed by atoms with Crippen molar-refractivity contribution in [1.29, 1.82) is 0 Å². The zero-order valence-electron chi connectivity index (χ0n) is 11.6. The van der Waals surface area contributed by atoms with Crippen molar-refractivity contribution in [3.63, 3.8) is 0 Å². The van der Waals surface area contributed by atoms with Crippen LogP contribution >= 0.6 is 0 Å². The highest BCUT2D eigenvalue weighted by Gasteiger charge is 2.22. The summed E-state index contributed by atoms with van der Waals surface area (Å²) in [6.07, 6.45) is 4.05. The van der Waals surface area contributed by atoms with E-state index < -0.39 is 0 Å². The number of likely N-dealkylation sites (tertiary alicyclic amines) is 1. The maximum absolute atomic E-state index is 3.57. The molecule has 0 aromatic heterocycles. The summed E-state index contributed by atoms with van der Waals surface area (Å²) in [5.74, 6) is 1.84. The molecule has 1 saturated heterocycles. The molecule has 1 rings (SSSR count). The molecule has 2 heteroatoms. The molecule has 96 valence electrons. The van der Waals surface area contributed by atoms with Crippen LogP contribution in [0.25, 0.3) is 0 Å². The van der Waals surface area contributed by atoms with Crippen LogP contribution in [0.15, 0.2) is 0 Å². The van der Waals surface area contributed by atoms with Gasteiger partial charge in [-0.05, 0) is 50.7 Å². The van der Waals surface area contributed by atoms with E-state index in [4.69, 9.17) is 0 Å². The first-order chi connectivity index (χ1) is 7.67. The lowest BCUT2D eigenvalue weighted by Gasteiger charge is -2.35. The third kappa shape index (κ3) is 4.42. The normalized spacial score (nSPS) is 21.6. The molecular weight excluding hydrogens is 196 g/mol. The van der Waals surface area contributed by atoms with Gasteiger partial charge in [0.2, 0.25) is 0 Å². The van der Waals surface area contributed by atoms with Crippen molar-refractivity contribution < 1.29 is 0 Å². The summed E-state index contributed by atoms with van der Waals surface area (Å²) in [5, 5.41) is 3.57. The van der Waals surface area contributed by atoms with E-state index in [9.17, 15) is 0 Å². The Kier molecular flexibility index (Phi) is 6.37. The molecule has 1 fully saturated rings. The molecule has 2 nitrogen and oxygen atoms in total. The van der Waals surface area contributed by atoms with Crippen molar-refractivity contribution >= 4 is 0 Å². The highest BCUT2D eigenvalue weighted by atomic mass is 15.2. The standard InChI is InChI=1S/C14H30N2/c1-5-14(15-6-2)11-16-9-7-13(8-10-16)12(3)4/h12-15H,5-11H2,1-4H3. The fourth-order valence-corrected chi connectivity index (χ4v) is 2.74. The molecule has 1 heterocycles. The van der Waals surface area contributed by atoms with E-state index in [1.807, 2.05) is 0 Å². The van der Waals surface area contributed by atoms with Gasteiger partial charge in [0, 0.05) is 12.6 Å². The second-order valence-electron chi connectivity index (χ2n) is 5.54. The molecule has 0 aromatic rings. The minimum absolute atomic E-state index is 0.695. The lowest BCUT2D eigenvalue weighted by Crippen LogP contribution is -2.44. The Morgan fingerprint density at radius 3 is 2.25 bits per heavy atom. The summed E-state index contributed by atoms with van der Waals surface area (Å²) >= 11 is 0. The van der Waals surface area contributed by atoms with Gasteiger partial charge in [-0.1, -0.05) is 27.7 Å². The van der Waals surface area contributed by atoms with E-state index in [-0.39, 0.29) is 0 Å². The van der Waals surface area contributed by atoms with E-state index in [2.05, 4.69) is 37.9 Å². The van der Waals surface area contributed by atoms with Crippen LogP contribution in [0.2, 0.25) is 0 Å². The van der Waals surface area contributed by atoms with E-state index in [1.54, 1.807) is 0 Å². The van der Waals surface area contributed by atoms with Gasteiger partial charge >= 0.3 is 0 Å². The minimum Gasteiger partial charge on any atom is -0.313 e. The number of piperidine rings is 1. The van der Waals surface area contributed by atoms with Crippen molar-refractivity contribution in [3.05, 3.63) is 0 Å². The average molecular weight is 226 g/mol. The third-order valence-electron chi connectivity index (χ3n) is 4.04. The van der Waals surface area contributed by atoms with E-state index >= 15 is 0 Å². The van der Waals surface area contributed by atoms with Crippen LogP contribution in [0.3, 0.4) is 0 Å². The Bertz CT molecular complexity index is 172. The topological polar surface area (TPSA) is 15.3 Å². The summed E-state index contributed by atoms with van der Waals surface area (Å²) in [5.41, 5.74) is 0. The average Bonchev–Trinajstić information content (AvgIpc) is 2.29. The van der Waals surface area contributed by atoms with Gasteiger partial charge in [-0.25, -0.2) is 0 Å². The summed E-state index contributed by atoms with van der Waals surface area (Å²) in [4.78, 5) is 2.65. The van der Waals surface area contributed by atoms with Gasteiger partial charge in [0.1, 0.15) is 0 Å². The van der Waals surface area contributed by atoms with Gasteiger partial charge < -0.3 is 10.2 Å². The van der Waals surface area contributed by atoms with Crippen molar-refractivity contribution in [2.45, 2.75) is 53.0 Å². The number of hydrogen-bond donors (Lipinski definition) is 1. The molecule has 0 bridgehead atoms. The lowest BCUT2D eigenvalue weighted by molar-refractivity contribution is 0.145. The predicted molar refractivity (Wildman–Crippen MR) is 71.8 cm³/mol. The molecule has 0 aromatic carbocycles. The van der Waals surface area contributed by atoms with Crippen LogP contribution in [0, 0.1) is 11.8 Å². The molecule has 16 heavy (non-hydrogen) atoms. The monoisotopic (exact) mass is 226 g/mol. The maximum Gasteiger partial charge on any atom is 0.0192 e. The minimum atomic E-state index is 0.695. The molecule has 1 aliphatic rings. The van der Waals surface area contributed by atoms with Gasteiger partial charge in [0.15, 0.2) is 0 Å². The van der Waals surface area contributed by atoms with Crippen LogP contribution in [-0.2, 0) is 0 Å². The SMILES string of the molecule is CCNC(CC)CN1CCC(C(C)C)CC1. The number of rotatable bonds is 6. The Morgan fingerprint density at radius 2 is 1.81 bits per heavy atom. The second kappa shape index (κ2) is 7.29. The number of nitrogens with zero attached hydrogens (tertiary/aromatic N) is 1. The first kappa shape index (κ1) is 14.0. The largest absolute Gasteiger partial charge is 0.313 e. The summed E-state index contributed by atoms with van der Waals surface area (Å²) in [6.45, 7) is 14.2. The highest BCUT2D eigenvalue weighted by Crippen LogP contribution is 2.24. The highest BCUT2D eigenvalue weighted by molar-refractivity contribution is 4.77. The molecule has 1 unspecified atom stereocenters. The maximum atomic E-state index is 3.57. The Morgan fingerprint density at radius 1 is 1.19 bits per heavy atom. The fourth-order valence-electron chi connectivity index (χ4n) is 2.74. The van der Waals surface area contributed by atoms with Crippen LogP contribution in [-0.4, -0.2) is 37.1 Å². The third-order valence-corrected chi connectivity index (χ3v) is 4.04. The first-order valence-corrected chi connectivity index (χ1v) is 7.13. The molecule has 0 aliphatic carbocycles. The summed E-state index contributed by atoms with van der Waals surface area (Å²) in [7, 11) is 0. The van der Waals surface area contributed by atoms with Crippen molar-refractivity contribution in [2.75, 3.05) is 26.2 Å². The molecule has 0 spiro atoms. The zero-order chi connectivity index (χ0) is 12.0. The van der Waals surface area contributed by atoms with Crippen LogP contribution < -0.4 is 5.32 Å². The van der Waals surface area contributed by atoms with Gasteiger partial charge in [-0.3, -0.25) is 0 Å². The Balaban J connectivity index is 2.25. The van der Waals surface area contributed by atoms with Crippen molar-refractivity contribution in [1.82, 2.24) is 10.2 Å². The van der Waals surface area contributed by atoms with Crippen LogP contribution in [0.4, 0.5) is 0 Å². The Hall–Kier alpha value is -0.0800. The zero-order valence-corrected chi connectivity index (χ0v) is 11.6. The van der Waals surface area contributed by atoms with Crippen LogP contribution in [0.5, 0.6) is 0 Å². The second-order valence-corrected chi connectivity index (χ2v) is 5.54. The van der Waals surface area contributed by atoms with E-state index in [0.29, 0.717) is 6.04 Å². The molecular formula is C14H30N2. The van der Waals surface area contributed by atoms with Gasteiger partial charge in [0.05, 0.1) is 0 Å². The molecule has 0 saturated carbocycles. The lowest BCUT2D eigenvalue weighted by atomic mass is 9.86. The predicted octanol–water partition coefficient (Wildman–Crippen LogP) is 2.74. The van der Waals surface area contributed by atoms with E-state index in [0.717, 1.165) is 18.4 Å². The summed E-state index contributed by atoms with van der Waals surface area (Å²) in [6, 6.07) is 0.695. The molecule has 1 N–H and O–H groups in total. The summed E-state index contributed by atoms with van der Waals surface area (Å²) < 4.78 is 0. The van der Waals surface area contributed by atoms with Gasteiger partial charge in [-0.2, -0.15) is 0 Å². The van der Waals surface area contributed by atoms with E-state index in [1.165, 1.54) is 38.9 Å². The molecule has 1 aliphatic heterocycles. The molecule has 0 amide bonds. The van der Waals surface area contributed by atoms with Crippen LogP contribution in [0.1, 0.15) is 47.0 Å². The van der Waals surface area contributed by atoms with Gasteiger partial charge in [0.25, 0.3) is 0 Å². The fraction of sp³-hybridized carbons (Fsp3) is 1.00. The van der Waals surface area contributed by atoms with Gasteiger partial charge in [-0.15, -0.1) is 0 Å². The van der Waals surface area contributed by atoms with Crippen molar-refractivity contribution in [2.24, 2.45) is 11.8 Å². The quantitative estimate of drug-likeness (QED) is 0.749. The number of likely N-dealkylation sites (N-methyl/N-ethyl adjacent to an activating group) is 1. The number of hydrogen-bond acceptors (Lipinski definition) is 2. The van der Waals surface area contributed by atoms with Crippen molar-refractivity contribution in [3.8, 4) is 0 Å². The Labute approximate surface area is 102 Å².